The standard InChI is InChI=1S/C23H26N6O/c1-15-14-20(27-16(2)26-15)29-12-9-18(10-13-29)28-23(30)19-8-11-25-22(21(19)24)17-6-4-3-5-7-17/h3-8,11,14,18H,9-10,12-13,24H2,1-2H3,(H,28,30). The number of amides is 1. The van der Waals surface area contributed by atoms with Gasteiger partial charge in [-0.25, -0.2) is 9.97 Å². The van der Waals surface area contributed by atoms with Crippen molar-refractivity contribution in [3.63, 3.8) is 0 Å². The minimum absolute atomic E-state index is 0.102. The molecule has 154 valence electrons. The van der Waals surface area contributed by atoms with Gasteiger partial charge in [0.15, 0.2) is 0 Å². The molecule has 3 N–H and O–H groups in total. The number of aromatic nitrogens is 3. The van der Waals surface area contributed by atoms with Crippen molar-refractivity contribution in [3.8, 4) is 11.3 Å². The zero-order chi connectivity index (χ0) is 21.1. The number of anilines is 2. The van der Waals surface area contributed by atoms with E-state index in [0.29, 0.717) is 16.9 Å². The first kappa shape index (κ1) is 19.8. The second kappa shape index (κ2) is 8.49. The molecule has 0 spiro atoms. The smallest absolute Gasteiger partial charge is 0.253 e. The predicted molar refractivity (Wildman–Crippen MR) is 118 cm³/mol. The van der Waals surface area contributed by atoms with Crippen LogP contribution in [0.2, 0.25) is 0 Å². The number of aryl methyl sites for hydroxylation is 2. The third kappa shape index (κ3) is 4.25. The molecule has 0 aliphatic carbocycles. The van der Waals surface area contributed by atoms with Gasteiger partial charge in [0.25, 0.3) is 5.91 Å². The summed E-state index contributed by atoms with van der Waals surface area (Å²) in [5.41, 5.74) is 9.67. The van der Waals surface area contributed by atoms with Gasteiger partial charge in [0, 0.05) is 42.7 Å². The van der Waals surface area contributed by atoms with E-state index in [0.717, 1.165) is 48.8 Å². The van der Waals surface area contributed by atoms with Crippen LogP contribution >= 0.6 is 0 Å². The molecule has 0 radical (unpaired) electrons. The Bertz CT molecular complexity index is 1020. The van der Waals surface area contributed by atoms with Gasteiger partial charge in [-0.2, -0.15) is 0 Å². The van der Waals surface area contributed by atoms with Gasteiger partial charge in [-0.05, 0) is 32.8 Å². The summed E-state index contributed by atoms with van der Waals surface area (Å²) in [7, 11) is 0. The molecule has 1 aromatic carbocycles. The molecule has 3 heterocycles. The van der Waals surface area contributed by atoms with Crippen LogP contribution in [0.3, 0.4) is 0 Å². The molecule has 1 aliphatic rings. The number of pyridine rings is 1. The van der Waals surface area contributed by atoms with E-state index in [1.165, 1.54) is 0 Å². The van der Waals surface area contributed by atoms with Crippen molar-refractivity contribution in [2.75, 3.05) is 23.7 Å². The highest BCUT2D eigenvalue weighted by Gasteiger charge is 2.23. The molecule has 7 nitrogen and oxygen atoms in total. The second-order valence-electron chi connectivity index (χ2n) is 7.64. The van der Waals surface area contributed by atoms with Gasteiger partial charge >= 0.3 is 0 Å². The average Bonchev–Trinajstić information content (AvgIpc) is 2.74. The predicted octanol–water partition coefficient (Wildman–Crippen LogP) is 3.14. The molecule has 1 amide bonds. The number of hydrogen-bond donors (Lipinski definition) is 2. The fourth-order valence-electron chi connectivity index (χ4n) is 3.87. The van der Waals surface area contributed by atoms with E-state index >= 15 is 0 Å². The van der Waals surface area contributed by atoms with Gasteiger partial charge in [0.1, 0.15) is 11.6 Å². The number of nitrogens with zero attached hydrogens (tertiary/aromatic N) is 4. The highest BCUT2D eigenvalue weighted by atomic mass is 16.1. The van der Waals surface area contributed by atoms with E-state index < -0.39 is 0 Å². The van der Waals surface area contributed by atoms with Crippen molar-refractivity contribution in [1.82, 2.24) is 20.3 Å². The molecule has 0 unspecified atom stereocenters. The Labute approximate surface area is 176 Å². The Kier molecular flexibility index (Phi) is 5.61. The Morgan fingerprint density at radius 2 is 1.83 bits per heavy atom. The molecule has 4 rings (SSSR count). The fourth-order valence-corrected chi connectivity index (χ4v) is 3.87. The van der Waals surface area contributed by atoms with Gasteiger partial charge in [-0.15, -0.1) is 0 Å². The number of benzene rings is 1. The van der Waals surface area contributed by atoms with Crippen LogP contribution in [-0.4, -0.2) is 40.0 Å². The van der Waals surface area contributed by atoms with Gasteiger partial charge in [-0.3, -0.25) is 9.78 Å². The molecule has 1 saturated heterocycles. The third-order valence-corrected chi connectivity index (χ3v) is 5.39. The Morgan fingerprint density at radius 3 is 2.53 bits per heavy atom. The molecule has 3 aromatic rings. The monoisotopic (exact) mass is 402 g/mol. The maximum atomic E-state index is 12.9. The summed E-state index contributed by atoms with van der Waals surface area (Å²) < 4.78 is 0. The molecule has 1 aliphatic heterocycles. The quantitative estimate of drug-likeness (QED) is 0.696. The van der Waals surface area contributed by atoms with Gasteiger partial charge < -0.3 is 16.0 Å². The molecule has 2 aromatic heterocycles. The molecule has 0 atom stereocenters. The van der Waals surface area contributed by atoms with E-state index in [-0.39, 0.29) is 11.9 Å². The van der Waals surface area contributed by atoms with Crippen molar-refractivity contribution in [1.29, 1.82) is 0 Å². The Balaban J connectivity index is 1.42. The Morgan fingerprint density at radius 1 is 1.10 bits per heavy atom. The van der Waals surface area contributed by atoms with Crippen molar-refractivity contribution >= 4 is 17.4 Å². The molecular formula is C23H26N6O. The molecule has 7 heteroatoms. The SMILES string of the molecule is Cc1cc(N2CCC(NC(=O)c3ccnc(-c4ccccc4)c3N)CC2)nc(C)n1. The first-order valence-corrected chi connectivity index (χ1v) is 10.2. The zero-order valence-corrected chi connectivity index (χ0v) is 17.3. The van der Waals surface area contributed by atoms with Crippen LogP contribution in [0.1, 0.15) is 34.7 Å². The summed E-state index contributed by atoms with van der Waals surface area (Å²) in [6.07, 6.45) is 3.34. The number of piperidine rings is 1. The number of nitrogen functional groups attached to an aromatic ring is 1. The lowest BCUT2D eigenvalue weighted by Crippen LogP contribution is -2.45. The second-order valence-corrected chi connectivity index (χ2v) is 7.64. The fraction of sp³-hybridized carbons (Fsp3) is 0.304. The first-order chi connectivity index (χ1) is 14.5. The van der Waals surface area contributed by atoms with Crippen molar-refractivity contribution < 1.29 is 4.79 Å². The third-order valence-electron chi connectivity index (χ3n) is 5.39. The highest BCUT2D eigenvalue weighted by molar-refractivity contribution is 6.01. The summed E-state index contributed by atoms with van der Waals surface area (Å²) >= 11 is 0. The summed E-state index contributed by atoms with van der Waals surface area (Å²) in [5.74, 6) is 1.58. The van der Waals surface area contributed by atoms with E-state index in [1.54, 1.807) is 12.3 Å². The van der Waals surface area contributed by atoms with Crippen molar-refractivity contribution in [2.45, 2.75) is 32.7 Å². The molecule has 0 saturated carbocycles. The van der Waals surface area contributed by atoms with Crippen LogP contribution in [0.15, 0.2) is 48.7 Å². The van der Waals surface area contributed by atoms with Gasteiger partial charge in [0.2, 0.25) is 0 Å². The topological polar surface area (TPSA) is 97.0 Å². The van der Waals surface area contributed by atoms with Crippen LogP contribution in [0, 0.1) is 13.8 Å². The molecule has 1 fully saturated rings. The molecular weight excluding hydrogens is 376 g/mol. The van der Waals surface area contributed by atoms with E-state index in [4.69, 9.17) is 5.73 Å². The summed E-state index contributed by atoms with van der Waals surface area (Å²) in [6, 6.07) is 13.5. The zero-order valence-electron chi connectivity index (χ0n) is 17.3. The average molecular weight is 403 g/mol. The van der Waals surface area contributed by atoms with Crippen LogP contribution in [0.25, 0.3) is 11.3 Å². The Hall–Kier alpha value is -3.48. The van der Waals surface area contributed by atoms with E-state index in [1.807, 2.05) is 50.2 Å². The largest absolute Gasteiger partial charge is 0.396 e. The van der Waals surface area contributed by atoms with E-state index in [2.05, 4.69) is 25.2 Å². The van der Waals surface area contributed by atoms with Crippen LogP contribution < -0.4 is 16.0 Å². The number of nitrogens with two attached hydrogens (primary N) is 1. The number of carbonyl (C=O) groups excluding carboxylic acids is 1. The minimum atomic E-state index is -0.153. The number of nitrogens with one attached hydrogen (secondary N) is 1. The van der Waals surface area contributed by atoms with Crippen molar-refractivity contribution in [2.24, 2.45) is 0 Å². The normalized spacial score (nSPS) is 14.5. The van der Waals surface area contributed by atoms with Crippen LogP contribution in [0.4, 0.5) is 11.5 Å². The summed E-state index contributed by atoms with van der Waals surface area (Å²) in [4.78, 5) is 28.4. The summed E-state index contributed by atoms with van der Waals surface area (Å²) in [5, 5.41) is 3.14. The van der Waals surface area contributed by atoms with Crippen LogP contribution in [0.5, 0.6) is 0 Å². The van der Waals surface area contributed by atoms with Crippen LogP contribution in [-0.2, 0) is 0 Å². The lowest BCUT2D eigenvalue weighted by molar-refractivity contribution is 0.0932. The van der Waals surface area contributed by atoms with Gasteiger partial charge in [0.05, 0.1) is 16.9 Å². The highest BCUT2D eigenvalue weighted by Crippen LogP contribution is 2.26. The van der Waals surface area contributed by atoms with Crippen molar-refractivity contribution in [3.05, 3.63) is 65.7 Å². The lowest BCUT2D eigenvalue weighted by Gasteiger charge is -2.33. The van der Waals surface area contributed by atoms with E-state index in [9.17, 15) is 4.79 Å². The lowest BCUT2D eigenvalue weighted by atomic mass is 10.0. The maximum absolute atomic E-state index is 12.9. The summed E-state index contributed by atoms with van der Waals surface area (Å²) in [6.45, 7) is 5.56. The maximum Gasteiger partial charge on any atom is 0.253 e. The molecule has 0 bridgehead atoms. The number of carbonyl (C=O) groups is 1. The number of rotatable bonds is 4. The van der Waals surface area contributed by atoms with Gasteiger partial charge in [-0.1, -0.05) is 30.3 Å². The number of hydrogen-bond acceptors (Lipinski definition) is 6. The minimum Gasteiger partial charge on any atom is -0.396 e. The first-order valence-electron chi connectivity index (χ1n) is 10.2. The molecule has 30 heavy (non-hydrogen) atoms.